The Morgan fingerprint density at radius 2 is 2.03 bits per heavy atom. The first-order valence-electron chi connectivity index (χ1n) is 11.6. The van der Waals surface area contributed by atoms with Gasteiger partial charge in [0.25, 0.3) is 5.91 Å². The number of hydrogen-bond donors (Lipinski definition) is 0. The summed E-state index contributed by atoms with van der Waals surface area (Å²) < 4.78 is 0. The van der Waals surface area contributed by atoms with E-state index >= 15 is 0 Å². The van der Waals surface area contributed by atoms with E-state index in [1.54, 1.807) is 48.1 Å². The van der Waals surface area contributed by atoms with Crippen LogP contribution >= 0.6 is 11.3 Å². The fraction of sp³-hybridized carbons (Fsp3) is 0.360. The maximum atomic E-state index is 14.1. The lowest BCUT2D eigenvalue weighted by molar-refractivity contribution is -0.0570. The molecule has 0 radical (unpaired) electrons. The number of piperidine rings is 2. The van der Waals surface area contributed by atoms with Crippen molar-refractivity contribution in [2.45, 2.75) is 44.7 Å². The van der Waals surface area contributed by atoms with Crippen molar-refractivity contribution < 1.29 is 4.79 Å². The van der Waals surface area contributed by atoms with E-state index in [1.807, 2.05) is 12.1 Å². The number of benzene rings is 1. The van der Waals surface area contributed by atoms with Gasteiger partial charge in [-0.25, -0.2) is 9.97 Å². The van der Waals surface area contributed by atoms with Gasteiger partial charge in [0.2, 0.25) is 0 Å². The summed E-state index contributed by atoms with van der Waals surface area (Å²) in [5, 5.41) is 19.0. The standard InChI is InChI=1S/C25H23N7OS/c1-15-17-12-18(13-17)31(21(15)6-7-23-30-20-3-2-8-27-24(20)34-23)25(33)19-11-16(14-26)4-5-22(19)32-28-9-10-29-32/h2-5,8-11,15,17-18,21H,6-7,12-13H2,1H3/t15-,17?,18?,21?/m1/s1. The molecule has 7 rings (SSSR count). The van der Waals surface area contributed by atoms with Crippen LogP contribution in [0.15, 0.2) is 48.9 Å². The Bertz CT molecular complexity index is 1370. The molecular weight excluding hydrogens is 446 g/mol. The summed E-state index contributed by atoms with van der Waals surface area (Å²) in [6.07, 6.45) is 8.72. The zero-order valence-electron chi connectivity index (χ0n) is 18.7. The molecule has 5 heterocycles. The molecule has 3 fully saturated rings. The number of thiazole rings is 1. The molecule has 8 nitrogen and oxygen atoms in total. The summed E-state index contributed by atoms with van der Waals surface area (Å²) in [7, 11) is 0. The molecule has 1 unspecified atom stereocenters. The molecule has 0 N–H and O–H groups in total. The zero-order chi connectivity index (χ0) is 23.2. The highest BCUT2D eigenvalue weighted by atomic mass is 32.1. The van der Waals surface area contributed by atoms with E-state index in [-0.39, 0.29) is 18.0 Å². The average molecular weight is 470 g/mol. The maximum Gasteiger partial charge on any atom is 0.256 e. The molecule has 0 spiro atoms. The molecule has 2 aliphatic heterocycles. The van der Waals surface area contributed by atoms with Crippen LogP contribution in [0.1, 0.15) is 47.1 Å². The smallest absolute Gasteiger partial charge is 0.256 e. The summed E-state index contributed by atoms with van der Waals surface area (Å²) in [5.74, 6) is 1.02. The van der Waals surface area contributed by atoms with Gasteiger partial charge in [0.1, 0.15) is 10.3 Å². The van der Waals surface area contributed by atoms with Crippen LogP contribution in [0.3, 0.4) is 0 Å². The number of carbonyl (C=O) groups is 1. The van der Waals surface area contributed by atoms with Crippen molar-refractivity contribution in [3.05, 3.63) is 65.1 Å². The van der Waals surface area contributed by atoms with Gasteiger partial charge in [0.15, 0.2) is 0 Å². The van der Waals surface area contributed by atoms with Gasteiger partial charge in [-0.2, -0.15) is 20.3 Å². The third-order valence-corrected chi connectivity index (χ3v) is 8.38. The van der Waals surface area contributed by atoms with Crippen molar-refractivity contribution in [2.24, 2.45) is 11.8 Å². The lowest BCUT2D eigenvalue weighted by Gasteiger charge is -2.57. The van der Waals surface area contributed by atoms with E-state index in [1.165, 1.54) is 4.80 Å². The highest BCUT2D eigenvalue weighted by molar-refractivity contribution is 7.18. The van der Waals surface area contributed by atoms with E-state index in [0.29, 0.717) is 28.7 Å². The van der Waals surface area contributed by atoms with Gasteiger partial charge >= 0.3 is 0 Å². The Labute approximate surface area is 200 Å². The van der Waals surface area contributed by atoms with E-state index in [2.05, 4.69) is 33.1 Å². The molecule has 1 aliphatic carbocycles. The average Bonchev–Trinajstić information content (AvgIpc) is 3.51. The number of nitrogens with zero attached hydrogens (tertiary/aromatic N) is 7. The van der Waals surface area contributed by atoms with Crippen molar-refractivity contribution in [3.8, 4) is 11.8 Å². The summed E-state index contributed by atoms with van der Waals surface area (Å²) >= 11 is 1.63. The minimum Gasteiger partial charge on any atom is -0.332 e. The molecule has 170 valence electrons. The van der Waals surface area contributed by atoms with Gasteiger partial charge in [-0.05, 0) is 61.4 Å². The number of carbonyl (C=O) groups excluding carboxylic acids is 1. The first-order chi connectivity index (χ1) is 16.6. The van der Waals surface area contributed by atoms with Gasteiger partial charge < -0.3 is 4.90 Å². The summed E-state index contributed by atoms with van der Waals surface area (Å²) in [6, 6.07) is 11.5. The van der Waals surface area contributed by atoms with Gasteiger partial charge in [-0.1, -0.05) is 18.3 Å². The minimum atomic E-state index is -0.0460. The number of hydrogen-bond acceptors (Lipinski definition) is 7. The van der Waals surface area contributed by atoms with E-state index in [9.17, 15) is 10.1 Å². The molecule has 34 heavy (non-hydrogen) atoms. The second-order valence-corrected chi connectivity index (χ2v) is 10.2. The molecule has 2 atom stereocenters. The summed E-state index contributed by atoms with van der Waals surface area (Å²) in [4.78, 5) is 27.7. The number of fused-ring (bicyclic) bond motifs is 3. The normalized spacial score (nSPS) is 23.5. The Morgan fingerprint density at radius 3 is 2.79 bits per heavy atom. The van der Waals surface area contributed by atoms with Gasteiger partial charge in [-0.3, -0.25) is 4.79 Å². The molecule has 1 saturated carbocycles. The van der Waals surface area contributed by atoms with E-state index in [0.717, 1.165) is 41.0 Å². The van der Waals surface area contributed by atoms with Crippen LogP contribution in [0.2, 0.25) is 0 Å². The lowest BCUT2D eigenvalue weighted by Crippen LogP contribution is -2.63. The third-order valence-electron chi connectivity index (χ3n) is 7.34. The Morgan fingerprint density at radius 1 is 1.21 bits per heavy atom. The fourth-order valence-corrected chi connectivity index (χ4v) is 6.39. The fourth-order valence-electron chi connectivity index (χ4n) is 5.47. The molecule has 1 amide bonds. The summed E-state index contributed by atoms with van der Waals surface area (Å²) in [6.45, 7) is 2.27. The predicted octanol–water partition coefficient (Wildman–Crippen LogP) is 4.02. The largest absolute Gasteiger partial charge is 0.332 e. The molecular formula is C25H23N7OS. The van der Waals surface area contributed by atoms with Crippen LogP contribution < -0.4 is 0 Å². The van der Waals surface area contributed by atoms with Gasteiger partial charge in [0, 0.05) is 24.7 Å². The third kappa shape index (κ3) is 3.46. The van der Waals surface area contributed by atoms with E-state index < -0.39 is 0 Å². The topological polar surface area (TPSA) is 101 Å². The summed E-state index contributed by atoms with van der Waals surface area (Å²) in [5.41, 5.74) is 2.45. The number of aryl methyl sites for hydroxylation is 1. The van der Waals surface area contributed by atoms with Crippen LogP contribution in [0.5, 0.6) is 0 Å². The van der Waals surface area contributed by atoms with Crippen molar-refractivity contribution in [1.82, 2.24) is 29.9 Å². The lowest BCUT2D eigenvalue weighted by atomic mass is 9.64. The van der Waals surface area contributed by atoms with Crippen LogP contribution in [-0.4, -0.2) is 47.9 Å². The Balaban J connectivity index is 1.32. The minimum absolute atomic E-state index is 0.0460. The van der Waals surface area contributed by atoms with Crippen LogP contribution in [0, 0.1) is 23.2 Å². The number of amides is 1. The second kappa shape index (κ2) is 8.29. The van der Waals surface area contributed by atoms with E-state index in [4.69, 9.17) is 4.98 Å². The zero-order valence-corrected chi connectivity index (χ0v) is 19.5. The highest BCUT2D eigenvalue weighted by Crippen LogP contribution is 2.48. The van der Waals surface area contributed by atoms with Crippen molar-refractivity contribution in [1.29, 1.82) is 5.26 Å². The monoisotopic (exact) mass is 469 g/mol. The van der Waals surface area contributed by atoms with Crippen molar-refractivity contribution >= 4 is 27.6 Å². The second-order valence-electron chi connectivity index (χ2n) is 9.16. The van der Waals surface area contributed by atoms with Crippen LogP contribution in [0.4, 0.5) is 0 Å². The van der Waals surface area contributed by atoms with Crippen molar-refractivity contribution in [2.75, 3.05) is 0 Å². The predicted molar refractivity (Wildman–Crippen MR) is 127 cm³/mol. The molecule has 3 aromatic heterocycles. The van der Waals surface area contributed by atoms with Crippen molar-refractivity contribution in [3.63, 3.8) is 0 Å². The first kappa shape index (κ1) is 20.9. The quantitative estimate of drug-likeness (QED) is 0.438. The van der Waals surface area contributed by atoms with Gasteiger partial charge in [-0.15, -0.1) is 0 Å². The Hall–Kier alpha value is -3.64. The molecule has 3 aliphatic rings. The number of aromatic nitrogens is 5. The molecule has 4 aromatic rings. The maximum absolute atomic E-state index is 14.1. The van der Waals surface area contributed by atoms with Gasteiger partial charge in [0.05, 0.1) is 40.3 Å². The first-order valence-corrected chi connectivity index (χ1v) is 12.4. The number of pyridine rings is 1. The molecule has 9 heteroatoms. The number of nitriles is 1. The number of rotatable bonds is 5. The van der Waals surface area contributed by atoms with Crippen LogP contribution in [0.25, 0.3) is 16.0 Å². The molecule has 2 bridgehead atoms. The van der Waals surface area contributed by atoms with Crippen LogP contribution in [-0.2, 0) is 6.42 Å². The highest BCUT2D eigenvalue weighted by Gasteiger charge is 2.50. The SMILES string of the molecule is C[C@@H]1C2CC(C2)N(C(=O)c2cc(C#N)ccc2-n2nccn2)C1CCc1nc2cccnc2s1. The molecule has 1 aromatic carbocycles. The molecule has 2 saturated heterocycles. The Kier molecular flexibility index (Phi) is 5.11.